The normalized spacial score (nSPS) is 23.0. The van der Waals surface area contributed by atoms with Gasteiger partial charge in [0.15, 0.2) is 0 Å². The summed E-state index contributed by atoms with van der Waals surface area (Å²) in [6.07, 6.45) is -0.304. The molecule has 1 aromatic heterocycles. The summed E-state index contributed by atoms with van der Waals surface area (Å²) in [7, 11) is 0. The lowest BCUT2D eigenvalue weighted by molar-refractivity contribution is -0.136. The fraction of sp³-hybridized carbons (Fsp3) is 0.571. The molecule has 1 saturated heterocycles. The second-order valence-corrected chi connectivity index (χ2v) is 5.79. The second-order valence-electron chi connectivity index (χ2n) is 5.79. The SMILES string of the molecule is CC(C)[C@@H]1N(C(=O)[C@@H](F)c2ccoc2)C(=O)OC1(C)C. The number of imide groups is 1. The Morgan fingerprint density at radius 3 is 2.60 bits per heavy atom. The molecular weight excluding hydrogens is 265 g/mol. The van der Waals surface area contributed by atoms with Gasteiger partial charge in [-0.2, -0.15) is 0 Å². The fourth-order valence-electron chi connectivity index (χ4n) is 2.77. The van der Waals surface area contributed by atoms with Gasteiger partial charge in [0.05, 0.1) is 18.6 Å². The van der Waals surface area contributed by atoms with E-state index in [1.807, 2.05) is 13.8 Å². The van der Waals surface area contributed by atoms with Crippen LogP contribution in [0.3, 0.4) is 0 Å². The molecule has 0 spiro atoms. The van der Waals surface area contributed by atoms with Gasteiger partial charge in [0, 0.05) is 5.56 Å². The Hall–Kier alpha value is -1.85. The van der Waals surface area contributed by atoms with Crippen molar-refractivity contribution < 1.29 is 23.1 Å². The van der Waals surface area contributed by atoms with Gasteiger partial charge in [-0.25, -0.2) is 14.1 Å². The standard InChI is InChI=1S/C14H18FNO4/c1-8(2)11-14(3,4)20-13(18)16(11)12(17)10(15)9-5-6-19-7-9/h5-8,10-11H,1-4H3/t10-,11-/m0/s1. The first-order valence-corrected chi connectivity index (χ1v) is 6.48. The molecule has 0 unspecified atom stereocenters. The minimum atomic E-state index is -1.93. The Kier molecular flexibility index (Phi) is 3.58. The first-order chi connectivity index (χ1) is 9.25. The fourth-order valence-corrected chi connectivity index (χ4v) is 2.77. The van der Waals surface area contributed by atoms with Gasteiger partial charge in [0.25, 0.3) is 5.91 Å². The summed E-state index contributed by atoms with van der Waals surface area (Å²) < 4.78 is 24.2. The van der Waals surface area contributed by atoms with Crippen LogP contribution in [0.1, 0.15) is 39.4 Å². The zero-order valence-corrected chi connectivity index (χ0v) is 11.9. The van der Waals surface area contributed by atoms with E-state index in [2.05, 4.69) is 0 Å². The summed E-state index contributed by atoms with van der Waals surface area (Å²) in [6.45, 7) is 7.15. The lowest BCUT2D eigenvalue weighted by atomic mass is 9.88. The van der Waals surface area contributed by atoms with Gasteiger partial charge in [0.1, 0.15) is 5.60 Å². The lowest BCUT2D eigenvalue weighted by Gasteiger charge is -2.31. The first kappa shape index (κ1) is 14.6. The smallest absolute Gasteiger partial charge is 0.417 e. The molecule has 2 heterocycles. The van der Waals surface area contributed by atoms with Crippen molar-refractivity contribution in [1.29, 1.82) is 0 Å². The van der Waals surface area contributed by atoms with Gasteiger partial charge in [-0.05, 0) is 25.8 Å². The van der Waals surface area contributed by atoms with Crippen LogP contribution in [0.2, 0.25) is 0 Å². The highest BCUT2D eigenvalue weighted by atomic mass is 19.1. The highest BCUT2D eigenvalue weighted by Crippen LogP contribution is 2.36. The molecule has 2 atom stereocenters. The summed E-state index contributed by atoms with van der Waals surface area (Å²) in [4.78, 5) is 25.1. The summed E-state index contributed by atoms with van der Waals surface area (Å²) in [5, 5.41) is 0. The van der Waals surface area contributed by atoms with E-state index in [0.717, 1.165) is 11.2 Å². The van der Waals surface area contributed by atoms with Crippen LogP contribution >= 0.6 is 0 Å². The summed E-state index contributed by atoms with van der Waals surface area (Å²) in [5.74, 6) is -0.961. The molecule has 2 rings (SSSR count). The maximum atomic E-state index is 14.2. The van der Waals surface area contributed by atoms with Gasteiger partial charge in [-0.1, -0.05) is 13.8 Å². The number of cyclic esters (lactones) is 1. The predicted molar refractivity (Wildman–Crippen MR) is 68.6 cm³/mol. The number of nitrogens with zero attached hydrogens (tertiary/aromatic N) is 1. The van der Waals surface area contributed by atoms with Crippen LogP contribution in [0.15, 0.2) is 23.0 Å². The monoisotopic (exact) mass is 283 g/mol. The van der Waals surface area contributed by atoms with Crippen LogP contribution in [0.4, 0.5) is 9.18 Å². The summed E-state index contributed by atoms with van der Waals surface area (Å²) >= 11 is 0. The number of amides is 2. The highest BCUT2D eigenvalue weighted by molar-refractivity contribution is 5.96. The average Bonchev–Trinajstić information content (AvgIpc) is 2.92. The van der Waals surface area contributed by atoms with Crippen LogP contribution < -0.4 is 0 Å². The molecule has 1 aliphatic heterocycles. The highest BCUT2D eigenvalue weighted by Gasteiger charge is 2.53. The number of hydrogen-bond acceptors (Lipinski definition) is 4. The molecule has 5 nitrogen and oxygen atoms in total. The van der Waals surface area contributed by atoms with E-state index < -0.39 is 29.8 Å². The quantitative estimate of drug-likeness (QED) is 0.855. The third kappa shape index (κ3) is 2.30. The molecule has 0 saturated carbocycles. The molecule has 0 N–H and O–H groups in total. The molecule has 0 aliphatic carbocycles. The van der Waals surface area contributed by atoms with Crippen LogP contribution in [-0.2, 0) is 9.53 Å². The zero-order chi connectivity index (χ0) is 15.1. The van der Waals surface area contributed by atoms with E-state index >= 15 is 0 Å². The van der Waals surface area contributed by atoms with Crippen molar-refractivity contribution in [2.24, 2.45) is 5.92 Å². The van der Waals surface area contributed by atoms with Crippen molar-refractivity contribution in [2.75, 3.05) is 0 Å². The van der Waals surface area contributed by atoms with Gasteiger partial charge in [-0.3, -0.25) is 4.79 Å². The molecule has 6 heteroatoms. The second kappa shape index (κ2) is 4.92. The maximum absolute atomic E-state index is 14.2. The van der Waals surface area contributed by atoms with Crippen molar-refractivity contribution in [3.05, 3.63) is 24.2 Å². The zero-order valence-electron chi connectivity index (χ0n) is 11.9. The van der Waals surface area contributed by atoms with E-state index in [0.29, 0.717) is 0 Å². The molecule has 0 radical (unpaired) electrons. The van der Waals surface area contributed by atoms with E-state index in [-0.39, 0.29) is 11.5 Å². The molecule has 1 aliphatic rings. The molecule has 110 valence electrons. The number of hydrogen-bond donors (Lipinski definition) is 0. The van der Waals surface area contributed by atoms with E-state index in [1.54, 1.807) is 13.8 Å². The van der Waals surface area contributed by atoms with Crippen molar-refractivity contribution in [2.45, 2.75) is 45.5 Å². The van der Waals surface area contributed by atoms with Gasteiger partial charge in [0.2, 0.25) is 6.17 Å². The van der Waals surface area contributed by atoms with Gasteiger partial charge >= 0.3 is 6.09 Å². The Bertz CT molecular complexity index is 509. The third-order valence-electron chi connectivity index (χ3n) is 3.46. The number of carbonyl (C=O) groups excluding carboxylic acids is 2. The van der Waals surface area contributed by atoms with Crippen LogP contribution in [0.25, 0.3) is 0 Å². The Morgan fingerprint density at radius 2 is 2.10 bits per heavy atom. The third-order valence-corrected chi connectivity index (χ3v) is 3.46. The molecular formula is C14H18FNO4. The minimum absolute atomic E-state index is 0.0445. The number of ether oxygens (including phenoxy) is 1. The van der Waals surface area contributed by atoms with Crippen molar-refractivity contribution in [3.8, 4) is 0 Å². The molecule has 20 heavy (non-hydrogen) atoms. The number of carbonyl (C=O) groups is 2. The topological polar surface area (TPSA) is 59.8 Å². The Morgan fingerprint density at radius 1 is 1.45 bits per heavy atom. The largest absolute Gasteiger partial charge is 0.472 e. The summed E-state index contributed by atoms with van der Waals surface area (Å²) in [6, 6.07) is 0.854. The van der Waals surface area contributed by atoms with Crippen LogP contribution in [0.5, 0.6) is 0 Å². The maximum Gasteiger partial charge on any atom is 0.417 e. The molecule has 2 amide bonds. The number of rotatable bonds is 3. The van der Waals surface area contributed by atoms with E-state index in [9.17, 15) is 14.0 Å². The molecule has 1 fully saturated rings. The predicted octanol–water partition coefficient (Wildman–Crippen LogP) is 3.07. The number of halogens is 1. The van der Waals surface area contributed by atoms with Gasteiger partial charge in [-0.15, -0.1) is 0 Å². The van der Waals surface area contributed by atoms with Crippen molar-refractivity contribution in [1.82, 2.24) is 4.90 Å². The van der Waals surface area contributed by atoms with E-state index in [4.69, 9.17) is 9.15 Å². The van der Waals surface area contributed by atoms with Crippen LogP contribution in [-0.4, -0.2) is 28.5 Å². The molecule has 0 bridgehead atoms. The van der Waals surface area contributed by atoms with Gasteiger partial charge < -0.3 is 9.15 Å². The molecule has 0 aromatic carbocycles. The minimum Gasteiger partial charge on any atom is -0.472 e. The van der Waals surface area contributed by atoms with Crippen molar-refractivity contribution in [3.63, 3.8) is 0 Å². The first-order valence-electron chi connectivity index (χ1n) is 6.48. The Labute approximate surface area is 116 Å². The Balaban J connectivity index is 2.30. The number of alkyl halides is 1. The molecule has 1 aromatic rings. The van der Waals surface area contributed by atoms with Crippen molar-refractivity contribution >= 4 is 12.0 Å². The summed E-state index contributed by atoms with van der Waals surface area (Å²) in [5.41, 5.74) is -0.744. The average molecular weight is 283 g/mol. The van der Waals surface area contributed by atoms with E-state index in [1.165, 1.54) is 12.3 Å². The van der Waals surface area contributed by atoms with Crippen LogP contribution in [0, 0.1) is 5.92 Å². The number of furan rings is 1. The lowest BCUT2D eigenvalue weighted by Crippen LogP contribution is -2.49.